The molecule has 4 heterocycles. The number of rotatable bonds is 9. The number of methoxy groups -OCH3 is 1. The first-order chi connectivity index (χ1) is 22.1. The predicted molar refractivity (Wildman–Crippen MR) is 158 cm³/mol. The zero-order chi connectivity index (χ0) is 34.3. The predicted octanol–water partition coefficient (Wildman–Crippen LogP) is 3.71. The Kier molecular flexibility index (Phi) is 9.21. The third kappa shape index (κ3) is 6.74. The summed E-state index contributed by atoms with van der Waals surface area (Å²) in [5.74, 6) is -7.66. The van der Waals surface area contributed by atoms with Gasteiger partial charge in [0.05, 0.1) is 42.3 Å². The van der Waals surface area contributed by atoms with Gasteiger partial charge in [-0.3, -0.25) is 19.1 Å². The third-order valence-corrected chi connectivity index (χ3v) is 9.14. The summed E-state index contributed by atoms with van der Waals surface area (Å²) in [7, 11) is 4.32. The van der Waals surface area contributed by atoms with Crippen LogP contribution in [0, 0.1) is 17.3 Å². The molecular weight excluding hydrogens is 631 g/mol. The zero-order valence-electron chi connectivity index (χ0n) is 26.4. The van der Waals surface area contributed by atoms with Crippen LogP contribution in [0.4, 0.5) is 27.6 Å². The highest BCUT2D eigenvalue weighted by Crippen LogP contribution is 2.44. The molecule has 1 saturated heterocycles. The molecule has 0 bridgehead atoms. The summed E-state index contributed by atoms with van der Waals surface area (Å²) in [4.78, 5) is 45.9. The molecule has 3 aromatic heterocycles. The van der Waals surface area contributed by atoms with Gasteiger partial charge in [-0.2, -0.15) is 23.4 Å². The van der Waals surface area contributed by atoms with E-state index < -0.39 is 66.6 Å². The second kappa shape index (κ2) is 12.7. The van der Waals surface area contributed by atoms with Gasteiger partial charge in [0.15, 0.2) is 11.1 Å². The average Bonchev–Trinajstić information content (AvgIpc) is 3.66. The van der Waals surface area contributed by atoms with Gasteiger partial charge in [0, 0.05) is 58.7 Å². The molecule has 1 aliphatic carbocycles. The number of esters is 1. The van der Waals surface area contributed by atoms with Crippen molar-refractivity contribution in [3.8, 4) is 0 Å². The van der Waals surface area contributed by atoms with Gasteiger partial charge in [-0.25, -0.2) is 18.3 Å². The van der Waals surface area contributed by atoms with Gasteiger partial charge in [0.2, 0.25) is 11.8 Å². The number of nitrogens with zero attached hydrogens (tertiary/aromatic N) is 6. The number of carbonyl (C=O) groups is 3. The van der Waals surface area contributed by atoms with Gasteiger partial charge in [-0.1, -0.05) is 0 Å². The molecule has 5 rings (SSSR count). The topological polar surface area (TPSA) is 136 Å². The number of ether oxygens (including phenoxy) is 1. The molecule has 2 amide bonds. The van der Waals surface area contributed by atoms with E-state index in [2.05, 4.69) is 25.8 Å². The van der Waals surface area contributed by atoms with E-state index >= 15 is 0 Å². The van der Waals surface area contributed by atoms with Crippen molar-refractivity contribution in [2.24, 2.45) is 17.3 Å². The van der Waals surface area contributed by atoms with Gasteiger partial charge in [-0.15, -0.1) is 0 Å². The normalized spacial score (nSPS) is 22.5. The first kappa shape index (κ1) is 34.0. The van der Waals surface area contributed by atoms with Crippen LogP contribution < -0.4 is 15.5 Å². The highest BCUT2D eigenvalue weighted by atomic mass is 19.4. The highest BCUT2D eigenvalue weighted by Gasteiger charge is 2.57. The minimum absolute atomic E-state index is 0.123. The number of imidazole rings is 1. The zero-order valence-corrected chi connectivity index (χ0v) is 26.4. The molecule has 47 heavy (non-hydrogen) atoms. The lowest BCUT2D eigenvalue weighted by molar-refractivity contribution is -0.195. The molecule has 0 aromatic carbocycles. The average molecular weight is 669 g/mol. The van der Waals surface area contributed by atoms with E-state index in [0.29, 0.717) is 23.6 Å². The van der Waals surface area contributed by atoms with E-state index in [1.807, 2.05) is 6.92 Å². The molecule has 12 nitrogen and oxygen atoms in total. The van der Waals surface area contributed by atoms with E-state index in [1.165, 1.54) is 21.6 Å². The van der Waals surface area contributed by atoms with E-state index in [4.69, 9.17) is 4.74 Å². The molecule has 0 spiro atoms. The third-order valence-electron chi connectivity index (χ3n) is 9.14. The number of alkyl halides is 5. The molecule has 1 saturated carbocycles. The van der Waals surface area contributed by atoms with Crippen LogP contribution in [0.15, 0.2) is 24.5 Å². The van der Waals surface area contributed by atoms with Crippen LogP contribution in [-0.4, -0.2) is 82.0 Å². The van der Waals surface area contributed by atoms with Crippen LogP contribution in [0.2, 0.25) is 0 Å². The first-order valence-electron chi connectivity index (χ1n) is 15.3. The molecule has 2 aliphatic rings. The molecule has 3 atom stereocenters. The van der Waals surface area contributed by atoms with Crippen LogP contribution in [0.1, 0.15) is 66.9 Å². The fraction of sp³-hybridized carbons (Fsp3) is 0.600. The van der Waals surface area contributed by atoms with Crippen molar-refractivity contribution in [2.75, 3.05) is 32.6 Å². The lowest BCUT2D eigenvalue weighted by Gasteiger charge is -2.38. The van der Waals surface area contributed by atoms with Crippen LogP contribution in [0.25, 0.3) is 5.65 Å². The van der Waals surface area contributed by atoms with Crippen molar-refractivity contribution in [3.63, 3.8) is 0 Å². The van der Waals surface area contributed by atoms with Crippen LogP contribution in [0.5, 0.6) is 0 Å². The van der Waals surface area contributed by atoms with Crippen molar-refractivity contribution in [2.45, 2.75) is 70.1 Å². The Morgan fingerprint density at radius 1 is 1.23 bits per heavy atom. The Bertz CT molecular complexity index is 1630. The molecule has 17 heteroatoms. The van der Waals surface area contributed by atoms with Gasteiger partial charge >= 0.3 is 12.1 Å². The Labute approximate surface area is 267 Å². The molecule has 2 fully saturated rings. The fourth-order valence-electron chi connectivity index (χ4n) is 6.54. The molecule has 0 radical (unpaired) electrons. The van der Waals surface area contributed by atoms with Gasteiger partial charge in [0.1, 0.15) is 5.69 Å². The largest absolute Gasteiger partial charge is 0.468 e. The summed E-state index contributed by atoms with van der Waals surface area (Å²) in [6.07, 6.45) is -3.47. The number of hydrogen-bond donors (Lipinski definition) is 2. The molecule has 1 unspecified atom stereocenters. The van der Waals surface area contributed by atoms with Crippen molar-refractivity contribution < 1.29 is 41.1 Å². The minimum atomic E-state index is -4.68. The quantitative estimate of drug-likeness (QED) is 0.200. The molecule has 2 N–H and O–H groups in total. The Balaban J connectivity index is 1.56. The number of halogens is 5. The van der Waals surface area contributed by atoms with E-state index in [1.54, 1.807) is 31.1 Å². The van der Waals surface area contributed by atoms with E-state index in [-0.39, 0.29) is 43.0 Å². The molecule has 1 aliphatic heterocycles. The number of anilines is 1. The SMILES string of the molecule is CCn1nccc1C(=O)N[C@H](c1cn2nc(CC3(C(=O)OC)C[C@@H](C(F)(F)F)CNC3=O)c(N(C)C)cc2n1)C1CCC(F)(F)CC1. The number of nitrogens with one attached hydrogen (secondary N) is 2. The summed E-state index contributed by atoms with van der Waals surface area (Å²) in [5.41, 5.74) is -0.799. The van der Waals surface area contributed by atoms with Crippen molar-refractivity contribution in [1.82, 2.24) is 35.0 Å². The van der Waals surface area contributed by atoms with Crippen molar-refractivity contribution in [3.05, 3.63) is 41.6 Å². The summed E-state index contributed by atoms with van der Waals surface area (Å²) >= 11 is 0. The number of piperidine rings is 1. The number of aryl methyl sites for hydroxylation is 1. The maximum absolute atomic E-state index is 14.1. The van der Waals surface area contributed by atoms with Gasteiger partial charge in [-0.05, 0) is 38.2 Å². The Hall–Kier alpha value is -4.31. The molecule has 256 valence electrons. The summed E-state index contributed by atoms with van der Waals surface area (Å²) < 4.78 is 77.4. The summed E-state index contributed by atoms with van der Waals surface area (Å²) in [6.45, 7) is 1.58. The monoisotopic (exact) mass is 668 g/mol. The maximum atomic E-state index is 14.1. The minimum Gasteiger partial charge on any atom is -0.468 e. The second-order valence-electron chi connectivity index (χ2n) is 12.4. The smallest absolute Gasteiger partial charge is 0.393 e. The number of aromatic nitrogens is 5. The number of amides is 2. The Morgan fingerprint density at radius 2 is 1.94 bits per heavy atom. The van der Waals surface area contributed by atoms with Crippen molar-refractivity contribution in [1.29, 1.82) is 0 Å². The lowest BCUT2D eigenvalue weighted by Crippen LogP contribution is -2.57. The van der Waals surface area contributed by atoms with Crippen LogP contribution in [-0.2, 0) is 27.3 Å². The molecule has 3 aromatic rings. The molecular formula is C30H37F5N8O4. The maximum Gasteiger partial charge on any atom is 0.393 e. The Morgan fingerprint density at radius 3 is 2.55 bits per heavy atom. The van der Waals surface area contributed by atoms with Gasteiger partial charge in [0.25, 0.3) is 5.91 Å². The fourth-order valence-corrected chi connectivity index (χ4v) is 6.54. The first-order valence-corrected chi connectivity index (χ1v) is 15.3. The summed E-state index contributed by atoms with van der Waals surface area (Å²) in [5, 5.41) is 13.9. The highest BCUT2D eigenvalue weighted by molar-refractivity contribution is 6.03. The number of carbonyl (C=O) groups excluding carboxylic acids is 3. The van der Waals surface area contributed by atoms with E-state index in [0.717, 1.165) is 7.11 Å². The van der Waals surface area contributed by atoms with Crippen LogP contribution >= 0.6 is 0 Å². The number of fused-ring (bicyclic) bond motifs is 1. The lowest BCUT2D eigenvalue weighted by atomic mass is 9.72. The van der Waals surface area contributed by atoms with Crippen LogP contribution in [0.3, 0.4) is 0 Å². The summed E-state index contributed by atoms with van der Waals surface area (Å²) in [6, 6.07) is 2.36. The standard InChI is InChI=1S/C30H37F5N8O4/c1-5-42-21(8-11-37-42)25(44)39-24(17-6-9-29(31,32)10-7-17)20-16-43-23(38-20)12-22(41(2)3)19(40-43)14-28(27(46)47-4)13-18(30(33,34)35)15-36-26(28)45/h8,11-12,16-18,24H,5-7,9-10,13-15H2,1-4H3,(H,36,45)(H,39,44)/t18-,24+,28?/m1/s1. The second-order valence-corrected chi connectivity index (χ2v) is 12.4. The van der Waals surface area contributed by atoms with Gasteiger partial charge < -0.3 is 20.3 Å². The van der Waals surface area contributed by atoms with E-state index in [9.17, 15) is 36.3 Å². The van der Waals surface area contributed by atoms with Crippen molar-refractivity contribution >= 4 is 29.1 Å². The number of hydrogen-bond acceptors (Lipinski definition) is 8.